The number of alkyl halides is 14. The number of rotatable bonds is 41. The molecule has 0 aliphatic carbocycles. The molecule has 4 amide bonds. The summed E-state index contributed by atoms with van der Waals surface area (Å²) >= 11 is 11.7. The fraction of sp³-hybridized carbons (Fsp3) is 0.864. The Morgan fingerprint density at radius 2 is 0.873 bits per heavy atom. The quantitative estimate of drug-likeness (QED) is 0.00679. The lowest BCUT2D eigenvalue weighted by Gasteiger charge is -2.56. The predicted octanol–water partition coefficient (Wildman–Crippen LogP) is 12.7. The van der Waals surface area contributed by atoms with Gasteiger partial charge in [0.05, 0.1) is 58.7 Å². The van der Waals surface area contributed by atoms with E-state index in [0.29, 0.717) is 23.5 Å². The molecule has 0 aromatic carbocycles. The van der Waals surface area contributed by atoms with Crippen LogP contribution in [0.2, 0.25) is 0 Å². The minimum atomic E-state index is -6.91. The molecule has 0 saturated carbocycles. The van der Waals surface area contributed by atoms with Crippen LogP contribution in [0.4, 0.5) is 61.5 Å². The highest BCUT2D eigenvalue weighted by Crippen LogP contribution is 2.62. The van der Waals surface area contributed by atoms with Crippen LogP contribution < -0.4 is 32.7 Å². The van der Waals surface area contributed by atoms with Gasteiger partial charge in [-0.15, -0.1) is 0 Å². The van der Waals surface area contributed by atoms with Crippen molar-refractivity contribution in [3.63, 3.8) is 0 Å². The average Bonchev–Trinajstić information content (AvgIpc) is 0.738. The van der Waals surface area contributed by atoms with E-state index in [4.69, 9.17) is 59.6 Å². The maximum atomic E-state index is 16.0. The van der Waals surface area contributed by atoms with Crippen molar-refractivity contribution in [2.24, 2.45) is 61.2 Å². The maximum absolute atomic E-state index is 16.0. The summed E-state index contributed by atoms with van der Waals surface area (Å²) in [5.74, 6) is -39.1. The molecular weight excluding hydrogens is 1620 g/mol. The smallest absolute Gasteiger partial charge is 0.460 e. The molecule has 0 fully saturated rings. The first-order valence-electron chi connectivity index (χ1n) is 34.0. The number of ether oxygens (including phenoxy) is 5. The number of hydrogen-bond acceptors (Lipinski definition) is 20. The van der Waals surface area contributed by atoms with Crippen LogP contribution in [0.1, 0.15) is 191 Å². The largest absolute Gasteiger partial charge is 0.476 e. The van der Waals surface area contributed by atoms with E-state index in [0.717, 1.165) is 55.6 Å². The number of thiocarbonyl (C=S) groups is 2. The second-order valence-electron chi connectivity index (χ2n) is 33.1. The molecule has 0 aliphatic rings. The van der Waals surface area contributed by atoms with Crippen LogP contribution >= 0.6 is 63.2 Å². The molecule has 0 radical (unpaired) electrons. The number of nitrogens with two attached hydrogens (primary N) is 2. The summed E-state index contributed by atoms with van der Waals surface area (Å²) in [6.07, 6.45) is -20.8. The monoisotopic (exact) mass is 1730 g/mol. The lowest BCUT2D eigenvalue weighted by atomic mass is 9.49. The van der Waals surface area contributed by atoms with E-state index in [-0.39, 0.29) is 10.8 Å². The van der Waals surface area contributed by atoms with Crippen LogP contribution in [0.5, 0.6) is 0 Å². The fourth-order valence-corrected chi connectivity index (χ4v) is 17.4. The number of nitrogens with one attached hydrogen (secondary N) is 4. The minimum absolute atomic E-state index is 0.334. The molecule has 0 bridgehead atoms. The van der Waals surface area contributed by atoms with E-state index < -0.39 is 250 Å². The molecule has 644 valence electrons. The van der Waals surface area contributed by atoms with E-state index in [1.807, 2.05) is 0 Å². The highest BCUT2D eigenvalue weighted by molar-refractivity contribution is 8.23. The van der Waals surface area contributed by atoms with Gasteiger partial charge in [-0.3, -0.25) is 42.7 Å². The molecule has 0 heterocycles. The van der Waals surface area contributed by atoms with Crippen molar-refractivity contribution in [1.29, 1.82) is 0 Å². The molecule has 0 spiro atoms. The highest BCUT2D eigenvalue weighted by atomic mass is 32.2. The number of hydrogen-bond donors (Lipinski definition) is 10. The molecule has 0 rings (SSSR count). The fourth-order valence-electron chi connectivity index (χ4n) is 13.0. The van der Waals surface area contributed by atoms with Gasteiger partial charge in [0.1, 0.15) is 11.1 Å². The summed E-state index contributed by atoms with van der Waals surface area (Å²) in [7, 11) is -8.66. The third-order valence-corrected chi connectivity index (χ3v) is 25.2. The Balaban J connectivity index is 9.74. The number of halogens is 14. The molecular formula is C66H110F14N6O18P2S4. The first kappa shape index (κ1) is 106. The van der Waals surface area contributed by atoms with E-state index in [2.05, 4.69) is 21.3 Å². The second-order valence-corrected chi connectivity index (χ2v) is 41.0. The Morgan fingerprint density at radius 3 is 1.22 bits per heavy atom. The van der Waals surface area contributed by atoms with Crippen LogP contribution in [-0.4, -0.2) is 190 Å². The van der Waals surface area contributed by atoms with Gasteiger partial charge in [-0.2, -0.15) is 61.5 Å². The van der Waals surface area contributed by atoms with Crippen molar-refractivity contribution >= 4 is 113 Å². The Hall–Kier alpha value is -3.99. The normalized spacial score (nSPS) is 17.8. The van der Waals surface area contributed by atoms with Crippen LogP contribution in [-0.2, 0) is 66.4 Å². The summed E-state index contributed by atoms with van der Waals surface area (Å²) < 4.78 is 247. The van der Waals surface area contributed by atoms with Gasteiger partial charge < -0.3 is 76.0 Å². The highest BCUT2D eigenvalue weighted by Gasteiger charge is 2.75. The van der Waals surface area contributed by atoms with Gasteiger partial charge in [0.15, 0.2) is 13.2 Å². The van der Waals surface area contributed by atoms with Crippen molar-refractivity contribution in [2.45, 2.75) is 266 Å². The molecule has 0 aromatic rings. The molecule has 44 heteroatoms. The zero-order chi connectivity index (χ0) is 88.1. The van der Waals surface area contributed by atoms with Crippen LogP contribution in [0.15, 0.2) is 0 Å². The molecule has 0 aliphatic heterocycles. The SMILES string of the molecule is CCC(C)(C(CC(C)(C)C(C(=O)OC)C(C)(C)CC(C)(C(=O)NC(C)(C)C(=O)NCCP(=O)(O)O)C(C)(C)CC(C)(C(=O)OCC(F)(F)C(F)(F)C(F)(F)F)C(C)(N)SC(=S)OC(C)C)C(=O)NC(C)(C)C(=O)NCCP(=O)(O)O)C(C)(N)CC(C)(C(=O)OCC(F)(F)C(F)(F)C(F)(F)F)C(C)(C)SC(=S)OC(C)C. The number of methoxy groups -OCH3 is 1. The third-order valence-electron chi connectivity index (χ3n) is 20.6. The summed E-state index contributed by atoms with van der Waals surface area (Å²) in [6.45, 7) is 22.0. The molecule has 8 atom stereocenters. The van der Waals surface area contributed by atoms with Gasteiger partial charge in [0.25, 0.3) is 0 Å². The lowest BCUT2D eigenvalue weighted by Crippen LogP contribution is -2.65. The summed E-state index contributed by atoms with van der Waals surface area (Å²) in [5, 5.41) is 9.71. The molecule has 0 saturated heterocycles. The van der Waals surface area contributed by atoms with Crippen molar-refractivity contribution in [1.82, 2.24) is 21.3 Å². The number of thioether (sulfide) groups is 2. The van der Waals surface area contributed by atoms with Gasteiger partial charge in [0, 0.05) is 29.3 Å². The molecule has 8 unspecified atom stereocenters. The Morgan fingerprint density at radius 1 is 0.509 bits per heavy atom. The van der Waals surface area contributed by atoms with E-state index >= 15 is 31.9 Å². The number of amides is 4. The topological polar surface area (TPSA) is 381 Å². The molecule has 12 N–H and O–H groups in total. The van der Waals surface area contributed by atoms with E-state index in [1.165, 1.54) is 111 Å². The lowest BCUT2D eigenvalue weighted by molar-refractivity contribution is -0.360. The zero-order valence-electron chi connectivity index (χ0n) is 66.1. The van der Waals surface area contributed by atoms with Crippen molar-refractivity contribution in [2.75, 3.05) is 45.7 Å². The van der Waals surface area contributed by atoms with Crippen molar-refractivity contribution in [3.8, 4) is 0 Å². The summed E-state index contributed by atoms with van der Waals surface area (Å²) in [5.41, 5.74) is -7.81. The van der Waals surface area contributed by atoms with Crippen LogP contribution in [0, 0.1) is 49.7 Å². The Bertz CT molecular complexity index is 3410. The number of carbonyl (C=O) groups is 7. The minimum Gasteiger partial charge on any atom is -0.476 e. The molecule has 24 nitrogen and oxygen atoms in total. The van der Waals surface area contributed by atoms with Gasteiger partial charge in [-0.1, -0.05) is 85.8 Å². The van der Waals surface area contributed by atoms with Crippen molar-refractivity contribution in [3.05, 3.63) is 0 Å². The number of carbonyl (C=O) groups excluding carboxylic acids is 7. The summed E-state index contributed by atoms with van der Waals surface area (Å²) in [4.78, 5) is 141. The van der Waals surface area contributed by atoms with Gasteiger partial charge in [-0.05, 0) is 175 Å². The maximum Gasteiger partial charge on any atom is 0.460 e. The first-order valence-corrected chi connectivity index (χ1v) is 40.1. The van der Waals surface area contributed by atoms with Gasteiger partial charge in [-0.25, -0.2) is 0 Å². The van der Waals surface area contributed by atoms with Gasteiger partial charge >= 0.3 is 69.1 Å². The number of esters is 3. The average molecular weight is 1730 g/mol. The second kappa shape index (κ2) is 36.3. The first-order chi connectivity index (χ1) is 48.3. The van der Waals surface area contributed by atoms with Crippen LogP contribution in [0.3, 0.4) is 0 Å². The van der Waals surface area contributed by atoms with E-state index in [9.17, 15) is 91.8 Å². The molecule has 0 aromatic heterocycles. The molecule has 110 heavy (non-hydrogen) atoms. The summed E-state index contributed by atoms with van der Waals surface area (Å²) in [6, 6.07) is 0. The van der Waals surface area contributed by atoms with E-state index in [1.54, 1.807) is 0 Å². The Labute approximate surface area is 651 Å². The predicted molar refractivity (Wildman–Crippen MR) is 392 cm³/mol. The standard InChI is InChI=1S/C66H110F14N6O18P2S4/c1-25-55(18,59(22,81)33-57(20,54(16,17)109-47(107)103-36(2)3)45(92)101-34-61(67,68)63(71,72)65(75,76)77)38(40(87)85-52(12,13)42(89)83-26-28-105(94,95)96)30-49(6,7)39(41(88)100-24)50(8,9)31-56(19,44(91)86-53(14,15)43(90)84-27-29-106(97,98)99)51(10,11)32-58(21,60(23,82)110-48(108)104-37(4)5)46(93)102-35-62(69,70)64(73,74)66(78,79)80/h36-39H,25-35,81-82H2,1-24H3,(H,83,89)(H,84,90)(H,85,87)(H,86,91)(H2,94,95,96)(H2,97,98,99). The van der Waals surface area contributed by atoms with Gasteiger partial charge in [0.2, 0.25) is 32.4 Å². The van der Waals surface area contributed by atoms with Crippen molar-refractivity contribution < 1.29 is 147 Å². The van der Waals surface area contributed by atoms with Crippen LogP contribution in [0.25, 0.3) is 0 Å². The Kier molecular flexibility index (Phi) is 34.9. The zero-order valence-corrected chi connectivity index (χ0v) is 71.1. The third kappa shape index (κ3) is 26.0.